The van der Waals surface area contributed by atoms with Crippen LogP contribution in [0.1, 0.15) is 6.92 Å². The smallest absolute Gasteiger partial charge is 0.127 e. The number of para-hydroxylation sites is 1. The first-order valence-corrected chi connectivity index (χ1v) is 6.56. The van der Waals surface area contributed by atoms with Crippen molar-refractivity contribution in [1.29, 1.82) is 0 Å². The summed E-state index contributed by atoms with van der Waals surface area (Å²) in [5.74, 6) is 0.873. The van der Waals surface area contributed by atoms with Crippen molar-refractivity contribution >= 4 is 27.5 Å². The zero-order chi connectivity index (χ0) is 12.3. The molecule has 0 aliphatic heterocycles. The Bertz CT molecular complexity index is 525. The highest BCUT2D eigenvalue weighted by atomic mass is 79.9. The van der Waals surface area contributed by atoms with E-state index >= 15 is 0 Å². The van der Waals surface area contributed by atoms with Crippen molar-refractivity contribution in [1.82, 2.24) is 0 Å². The Balaban J connectivity index is 2.55. The Morgan fingerprint density at radius 1 is 1.12 bits per heavy atom. The van der Waals surface area contributed by atoms with Gasteiger partial charge < -0.3 is 4.74 Å². The van der Waals surface area contributed by atoms with Gasteiger partial charge >= 0.3 is 0 Å². The predicted octanol–water partition coefficient (Wildman–Crippen LogP) is 5.17. The van der Waals surface area contributed by atoms with Gasteiger partial charge in [0, 0.05) is 20.6 Å². The van der Waals surface area contributed by atoms with E-state index in [1.165, 1.54) is 0 Å². The summed E-state index contributed by atoms with van der Waals surface area (Å²) < 4.78 is 6.63. The Hall–Kier alpha value is -0.990. The van der Waals surface area contributed by atoms with Crippen LogP contribution in [0, 0.1) is 0 Å². The Labute approximate surface area is 115 Å². The van der Waals surface area contributed by atoms with Crippen LogP contribution in [0.25, 0.3) is 11.1 Å². The molecule has 0 saturated heterocycles. The molecule has 0 aliphatic carbocycles. The van der Waals surface area contributed by atoms with Crippen LogP contribution in [0.15, 0.2) is 46.9 Å². The highest BCUT2D eigenvalue weighted by molar-refractivity contribution is 9.10. The van der Waals surface area contributed by atoms with Gasteiger partial charge in [-0.25, -0.2) is 0 Å². The van der Waals surface area contributed by atoms with Crippen LogP contribution in [0.5, 0.6) is 5.75 Å². The van der Waals surface area contributed by atoms with Gasteiger partial charge in [-0.1, -0.05) is 45.7 Å². The monoisotopic (exact) mass is 310 g/mol. The fourth-order valence-corrected chi connectivity index (χ4v) is 2.31. The minimum Gasteiger partial charge on any atom is -0.493 e. The van der Waals surface area contributed by atoms with Crippen molar-refractivity contribution in [3.05, 3.63) is 52.0 Å². The molecule has 0 amide bonds. The Morgan fingerprint density at radius 3 is 2.65 bits per heavy atom. The van der Waals surface area contributed by atoms with Crippen LogP contribution in [-0.2, 0) is 0 Å². The van der Waals surface area contributed by atoms with Crippen LogP contribution in [0.4, 0.5) is 0 Å². The van der Waals surface area contributed by atoms with Gasteiger partial charge in [0.1, 0.15) is 5.75 Å². The number of hydrogen-bond donors (Lipinski definition) is 0. The molecule has 0 aromatic heterocycles. The molecule has 0 radical (unpaired) electrons. The summed E-state index contributed by atoms with van der Waals surface area (Å²) in [4.78, 5) is 0. The van der Waals surface area contributed by atoms with Crippen LogP contribution in [0.3, 0.4) is 0 Å². The summed E-state index contributed by atoms with van der Waals surface area (Å²) >= 11 is 9.57. The lowest BCUT2D eigenvalue weighted by atomic mass is 10.0. The maximum absolute atomic E-state index is 6.03. The molecule has 1 nitrogen and oxygen atoms in total. The molecule has 2 aromatic rings. The van der Waals surface area contributed by atoms with Crippen molar-refractivity contribution in [3.8, 4) is 16.9 Å². The third kappa shape index (κ3) is 2.82. The van der Waals surface area contributed by atoms with Crippen molar-refractivity contribution in [2.45, 2.75) is 6.92 Å². The number of ether oxygens (including phenoxy) is 1. The van der Waals surface area contributed by atoms with Gasteiger partial charge in [0.2, 0.25) is 0 Å². The van der Waals surface area contributed by atoms with Crippen LogP contribution in [-0.4, -0.2) is 6.61 Å². The van der Waals surface area contributed by atoms with E-state index < -0.39 is 0 Å². The largest absolute Gasteiger partial charge is 0.493 e. The molecule has 0 spiro atoms. The minimum absolute atomic E-state index is 0.648. The third-order valence-corrected chi connectivity index (χ3v) is 3.33. The second kappa shape index (κ2) is 5.56. The van der Waals surface area contributed by atoms with Gasteiger partial charge in [0.05, 0.1) is 6.61 Å². The van der Waals surface area contributed by atoms with Gasteiger partial charge in [-0.3, -0.25) is 0 Å². The Morgan fingerprint density at radius 2 is 1.88 bits per heavy atom. The van der Waals surface area contributed by atoms with Crippen molar-refractivity contribution in [2.75, 3.05) is 6.61 Å². The molecule has 2 aromatic carbocycles. The predicted molar refractivity (Wildman–Crippen MR) is 75.8 cm³/mol. The lowest BCUT2D eigenvalue weighted by Crippen LogP contribution is -1.94. The second-order valence-electron chi connectivity index (χ2n) is 3.55. The molecule has 3 heteroatoms. The van der Waals surface area contributed by atoms with Crippen molar-refractivity contribution < 1.29 is 4.74 Å². The van der Waals surface area contributed by atoms with Crippen molar-refractivity contribution in [2.24, 2.45) is 0 Å². The summed E-state index contributed by atoms with van der Waals surface area (Å²) in [5, 5.41) is 0.717. The number of hydrogen-bond acceptors (Lipinski definition) is 1. The van der Waals surface area contributed by atoms with Crippen molar-refractivity contribution in [3.63, 3.8) is 0 Å². The highest BCUT2D eigenvalue weighted by Gasteiger charge is 2.09. The summed E-state index contributed by atoms with van der Waals surface area (Å²) in [6.45, 7) is 2.62. The van der Waals surface area contributed by atoms with E-state index in [0.29, 0.717) is 6.61 Å². The summed E-state index contributed by atoms with van der Waals surface area (Å²) in [5.41, 5.74) is 2.09. The maximum atomic E-state index is 6.03. The molecule has 88 valence electrons. The van der Waals surface area contributed by atoms with Gasteiger partial charge in [0.25, 0.3) is 0 Å². The molecule has 0 N–H and O–H groups in total. The van der Waals surface area contributed by atoms with Crippen LogP contribution >= 0.6 is 27.5 Å². The molecule has 0 bridgehead atoms. The fraction of sp³-hybridized carbons (Fsp3) is 0.143. The van der Waals surface area contributed by atoms with E-state index in [1.807, 2.05) is 49.4 Å². The molecule has 0 unspecified atom stereocenters. The molecule has 0 atom stereocenters. The third-order valence-electron chi connectivity index (χ3n) is 2.41. The van der Waals surface area contributed by atoms with E-state index in [-0.39, 0.29) is 0 Å². The van der Waals surface area contributed by atoms with Crippen LogP contribution in [0.2, 0.25) is 5.02 Å². The standard InChI is InChI=1S/C14H12BrClO/c1-2-17-14-6-4-3-5-11(14)12-9-10(16)7-8-13(12)15/h3-9H,2H2,1H3. The lowest BCUT2D eigenvalue weighted by molar-refractivity contribution is 0.341. The molecule has 0 fully saturated rings. The van der Waals surface area contributed by atoms with Gasteiger partial charge in [-0.15, -0.1) is 0 Å². The number of halogens is 2. The molecule has 17 heavy (non-hydrogen) atoms. The molecule has 2 rings (SSSR count). The first-order chi connectivity index (χ1) is 8.22. The first kappa shape index (κ1) is 12.5. The average molecular weight is 312 g/mol. The average Bonchev–Trinajstić information content (AvgIpc) is 2.34. The van der Waals surface area contributed by atoms with Gasteiger partial charge in [-0.2, -0.15) is 0 Å². The molecule has 0 aliphatic rings. The van der Waals surface area contributed by atoms with Gasteiger partial charge in [-0.05, 0) is 31.2 Å². The van der Waals surface area contributed by atoms with E-state index in [4.69, 9.17) is 16.3 Å². The van der Waals surface area contributed by atoms with Gasteiger partial charge in [0.15, 0.2) is 0 Å². The fourth-order valence-electron chi connectivity index (χ4n) is 1.67. The van der Waals surface area contributed by atoms with E-state index in [1.54, 1.807) is 0 Å². The topological polar surface area (TPSA) is 9.23 Å². The lowest BCUT2D eigenvalue weighted by Gasteiger charge is -2.11. The summed E-state index contributed by atoms with van der Waals surface area (Å²) in [7, 11) is 0. The highest BCUT2D eigenvalue weighted by Crippen LogP contribution is 2.36. The minimum atomic E-state index is 0.648. The quantitative estimate of drug-likeness (QED) is 0.760. The maximum Gasteiger partial charge on any atom is 0.127 e. The molecular weight excluding hydrogens is 300 g/mol. The zero-order valence-corrected chi connectivity index (χ0v) is 11.8. The normalized spacial score (nSPS) is 10.3. The number of benzene rings is 2. The summed E-state index contributed by atoms with van der Waals surface area (Å²) in [6.07, 6.45) is 0. The van der Waals surface area contributed by atoms with E-state index in [0.717, 1.165) is 26.4 Å². The first-order valence-electron chi connectivity index (χ1n) is 5.39. The summed E-state index contributed by atoms with van der Waals surface area (Å²) in [6, 6.07) is 13.7. The van der Waals surface area contributed by atoms with E-state index in [9.17, 15) is 0 Å². The molecule has 0 heterocycles. The zero-order valence-electron chi connectivity index (χ0n) is 9.41. The Kier molecular flexibility index (Phi) is 4.08. The second-order valence-corrected chi connectivity index (χ2v) is 4.84. The number of rotatable bonds is 3. The van der Waals surface area contributed by atoms with Crippen LogP contribution < -0.4 is 4.74 Å². The molecule has 0 saturated carbocycles. The molecular formula is C14H12BrClO. The SMILES string of the molecule is CCOc1ccccc1-c1cc(Cl)ccc1Br. The van der Waals surface area contributed by atoms with E-state index in [2.05, 4.69) is 15.9 Å².